The summed E-state index contributed by atoms with van der Waals surface area (Å²) in [4.78, 5) is 40.9. The zero-order chi connectivity index (χ0) is 18.7. The number of imidazole rings is 1. The molecule has 0 aliphatic rings. The third-order valence-electron chi connectivity index (χ3n) is 3.87. The molecule has 3 aromatic rings. The number of nitrogens with one attached hydrogen (secondary N) is 2. The monoisotopic (exact) mass is 352 g/mol. The van der Waals surface area contributed by atoms with Crippen molar-refractivity contribution in [3.8, 4) is 22.5 Å². The minimum atomic E-state index is -0.473. The molecule has 7 nitrogen and oxygen atoms in total. The molecular formula is C19H16N2O5. The highest BCUT2D eigenvalue weighted by atomic mass is 16.5. The first-order valence-corrected chi connectivity index (χ1v) is 7.73. The second kappa shape index (κ2) is 7.10. The van der Waals surface area contributed by atoms with Gasteiger partial charge in [0.2, 0.25) is 0 Å². The Hall–Kier alpha value is -3.61. The summed E-state index contributed by atoms with van der Waals surface area (Å²) in [6, 6.07) is 13.4. The number of carbonyl (C=O) groups excluding carboxylic acids is 2. The fraction of sp³-hybridized carbons (Fsp3) is 0.105. The topological polar surface area (TPSA) is 101 Å². The van der Waals surface area contributed by atoms with E-state index in [0.29, 0.717) is 33.6 Å². The maximum absolute atomic E-state index is 11.9. The van der Waals surface area contributed by atoms with E-state index in [4.69, 9.17) is 9.47 Å². The van der Waals surface area contributed by atoms with E-state index < -0.39 is 17.6 Å². The molecule has 0 aliphatic heterocycles. The van der Waals surface area contributed by atoms with E-state index in [9.17, 15) is 14.4 Å². The Kier molecular flexibility index (Phi) is 4.70. The molecule has 0 bridgehead atoms. The summed E-state index contributed by atoms with van der Waals surface area (Å²) < 4.78 is 9.46. The van der Waals surface area contributed by atoms with E-state index in [1.165, 1.54) is 14.2 Å². The van der Waals surface area contributed by atoms with Crippen molar-refractivity contribution in [3.05, 3.63) is 70.1 Å². The third kappa shape index (κ3) is 3.27. The number of hydrogen-bond donors (Lipinski definition) is 2. The number of aromatic amines is 2. The summed E-state index contributed by atoms with van der Waals surface area (Å²) in [5.74, 6) is -0.946. The zero-order valence-corrected chi connectivity index (χ0v) is 14.2. The zero-order valence-electron chi connectivity index (χ0n) is 14.2. The molecule has 0 fully saturated rings. The number of benzene rings is 2. The van der Waals surface area contributed by atoms with Crippen molar-refractivity contribution in [2.24, 2.45) is 0 Å². The first-order chi connectivity index (χ1) is 12.5. The molecule has 0 radical (unpaired) electrons. The molecule has 26 heavy (non-hydrogen) atoms. The Morgan fingerprint density at radius 1 is 0.769 bits per heavy atom. The highest BCUT2D eigenvalue weighted by molar-refractivity contribution is 5.93. The lowest BCUT2D eigenvalue weighted by Gasteiger charge is -2.07. The van der Waals surface area contributed by atoms with Gasteiger partial charge >= 0.3 is 17.6 Å². The van der Waals surface area contributed by atoms with E-state index in [0.717, 1.165) is 0 Å². The quantitative estimate of drug-likeness (QED) is 0.703. The largest absolute Gasteiger partial charge is 0.465 e. The lowest BCUT2D eigenvalue weighted by Crippen LogP contribution is -2.02. The molecule has 1 heterocycles. The van der Waals surface area contributed by atoms with Crippen LogP contribution in [0.2, 0.25) is 0 Å². The van der Waals surface area contributed by atoms with Gasteiger partial charge in [0.05, 0.1) is 36.7 Å². The first-order valence-electron chi connectivity index (χ1n) is 7.73. The maximum atomic E-state index is 11.9. The average molecular weight is 352 g/mol. The molecule has 0 saturated heterocycles. The van der Waals surface area contributed by atoms with E-state index in [-0.39, 0.29) is 0 Å². The Morgan fingerprint density at radius 3 is 1.58 bits per heavy atom. The second-order valence-electron chi connectivity index (χ2n) is 5.47. The fourth-order valence-corrected chi connectivity index (χ4v) is 2.66. The summed E-state index contributed by atoms with van der Waals surface area (Å²) in [5.41, 5.74) is 2.59. The van der Waals surface area contributed by atoms with Gasteiger partial charge in [-0.25, -0.2) is 14.4 Å². The van der Waals surface area contributed by atoms with Crippen LogP contribution < -0.4 is 5.69 Å². The summed E-state index contributed by atoms with van der Waals surface area (Å²) in [5, 5.41) is 0. The molecule has 0 unspecified atom stereocenters. The smallest absolute Gasteiger partial charge is 0.337 e. The second-order valence-corrected chi connectivity index (χ2v) is 5.47. The van der Waals surface area contributed by atoms with E-state index >= 15 is 0 Å². The van der Waals surface area contributed by atoms with Gasteiger partial charge in [-0.1, -0.05) is 24.3 Å². The number of carbonyl (C=O) groups is 2. The van der Waals surface area contributed by atoms with Gasteiger partial charge in [-0.15, -0.1) is 0 Å². The maximum Gasteiger partial charge on any atom is 0.337 e. The predicted octanol–water partition coefficient (Wildman–Crippen LogP) is 2.61. The minimum Gasteiger partial charge on any atom is -0.465 e. The SMILES string of the molecule is COC(=O)c1cccc(-c2[nH]c(=O)[nH]c2-c2cccc(C(=O)OC)c2)c1. The Balaban J connectivity index is 2.12. The van der Waals surface area contributed by atoms with Gasteiger partial charge in [0.15, 0.2) is 0 Å². The number of methoxy groups -OCH3 is 2. The molecule has 2 N–H and O–H groups in total. The number of hydrogen-bond acceptors (Lipinski definition) is 5. The van der Waals surface area contributed by atoms with Crippen LogP contribution in [0.3, 0.4) is 0 Å². The van der Waals surface area contributed by atoms with Crippen molar-refractivity contribution < 1.29 is 19.1 Å². The van der Waals surface area contributed by atoms with E-state index in [1.807, 2.05) is 0 Å². The van der Waals surface area contributed by atoms with Crippen LogP contribution in [0.4, 0.5) is 0 Å². The van der Waals surface area contributed by atoms with Crippen molar-refractivity contribution in [2.75, 3.05) is 14.2 Å². The summed E-state index contributed by atoms with van der Waals surface area (Å²) in [6.45, 7) is 0. The minimum absolute atomic E-state index is 0.362. The molecule has 0 amide bonds. The van der Waals surface area contributed by atoms with Crippen molar-refractivity contribution in [1.82, 2.24) is 9.97 Å². The van der Waals surface area contributed by atoms with E-state index in [1.54, 1.807) is 48.5 Å². The van der Waals surface area contributed by atoms with Gasteiger partial charge in [-0.2, -0.15) is 0 Å². The third-order valence-corrected chi connectivity index (χ3v) is 3.87. The van der Waals surface area contributed by atoms with Crippen LogP contribution in [-0.4, -0.2) is 36.1 Å². The molecule has 2 aromatic carbocycles. The van der Waals surface area contributed by atoms with Crippen molar-refractivity contribution in [1.29, 1.82) is 0 Å². The molecule has 0 spiro atoms. The molecule has 0 atom stereocenters. The molecule has 7 heteroatoms. The van der Waals surface area contributed by atoms with Crippen LogP contribution in [0.15, 0.2) is 53.3 Å². The Morgan fingerprint density at radius 2 is 1.19 bits per heavy atom. The van der Waals surface area contributed by atoms with Crippen LogP contribution in [0, 0.1) is 0 Å². The van der Waals surface area contributed by atoms with Gasteiger partial charge < -0.3 is 19.4 Å². The number of H-pyrrole nitrogens is 2. The highest BCUT2D eigenvalue weighted by Crippen LogP contribution is 2.29. The summed E-state index contributed by atoms with van der Waals surface area (Å²) in [7, 11) is 2.60. The molecular weight excluding hydrogens is 336 g/mol. The fourth-order valence-electron chi connectivity index (χ4n) is 2.66. The summed E-state index contributed by atoms with van der Waals surface area (Å²) >= 11 is 0. The van der Waals surface area contributed by atoms with Gasteiger partial charge in [-0.3, -0.25) is 0 Å². The number of ether oxygens (including phenoxy) is 2. The van der Waals surface area contributed by atoms with Crippen LogP contribution in [-0.2, 0) is 9.47 Å². The van der Waals surface area contributed by atoms with Crippen molar-refractivity contribution in [2.45, 2.75) is 0 Å². The molecule has 132 valence electrons. The van der Waals surface area contributed by atoms with Gasteiger partial charge in [0.25, 0.3) is 0 Å². The predicted molar refractivity (Wildman–Crippen MR) is 95.0 cm³/mol. The van der Waals surface area contributed by atoms with Gasteiger partial charge in [0, 0.05) is 11.1 Å². The van der Waals surface area contributed by atoms with Crippen LogP contribution in [0.5, 0.6) is 0 Å². The van der Waals surface area contributed by atoms with Crippen molar-refractivity contribution in [3.63, 3.8) is 0 Å². The van der Waals surface area contributed by atoms with Crippen LogP contribution >= 0.6 is 0 Å². The number of aromatic nitrogens is 2. The Bertz CT molecular complexity index is 952. The van der Waals surface area contributed by atoms with E-state index in [2.05, 4.69) is 9.97 Å². The van der Waals surface area contributed by atoms with Gasteiger partial charge in [-0.05, 0) is 24.3 Å². The van der Waals surface area contributed by atoms with Crippen LogP contribution in [0.1, 0.15) is 20.7 Å². The first kappa shape index (κ1) is 17.2. The lowest BCUT2D eigenvalue weighted by atomic mass is 10.0. The summed E-state index contributed by atoms with van der Waals surface area (Å²) in [6.07, 6.45) is 0. The normalized spacial score (nSPS) is 10.4. The standard InChI is InChI=1S/C19H16N2O5/c1-25-17(22)13-7-3-5-11(9-13)15-16(21-19(24)20-15)12-6-4-8-14(10-12)18(23)26-2/h3-10H,1-2H3,(H2,20,21,24). The van der Waals surface area contributed by atoms with Gasteiger partial charge in [0.1, 0.15) is 0 Å². The van der Waals surface area contributed by atoms with Crippen LogP contribution in [0.25, 0.3) is 22.5 Å². The highest BCUT2D eigenvalue weighted by Gasteiger charge is 2.15. The number of rotatable bonds is 4. The Labute approximate surface area is 148 Å². The lowest BCUT2D eigenvalue weighted by molar-refractivity contribution is 0.0592. The molecule has 0 aliphatic carbocycles. The molecule has 0 saturated carbocycles. The molecule has 3 rings (SSSR count). The van der Waals surface area contributed by atoms with Crippen molar-refractivity contribution >= 4 is 11.9 Å². The number of esters is 2. The molecule has 1 aromatic heterocycles. The average Bonchev–Trinajstić information content (AvgIpc) is 3.08.